The smallest absolute Gasteiger partial charge is 0.207 e. The fourth-order valence-electron chi connectivity index (χ4n) is 2.03. The third-order valence-electron chi connectivity index (χ3n) is 3.47. The van der Waals surface area contributed by atoms with Gasteiger partial charge in [0.05, 0.1) is 4.90 Å². The molecule has 0 fully saturated rings. The summed E-state index contributed by atoms with van der Waals surface area (Å²) >= 11 is 3.40. The van der Waals surface area contributed by atoms with Crippen LogP contribution in [0.4, 0.5) is 0 Å². The quantitative estimate of drug-likeness (QED) is 0.883. The van der Waals surface area contributed by atoms with E-state index >= 15 is 0 Å². The Hall–Kier alpha value is -1.17. The molecule has 0 amide bonds. The summed E-state index contributed by atoms with van der Waals surface area (Å²) in [6, 6.07) is 12.5. The first kappa shape index (κ1) is 16.2. The first-order chi connectivity index (χ1) is 9.79. The molecule has 0 aliphatic carbocycles. The topological polar surface area (TPSA) is 46.2 Å². The Morgan fingerprint density at radius 3 is 2.38 bits per heavy atom. The lowest BCUT2D eigenvalue weighted by atomic mass is 10.1. The molecule has 0 spiro atoms. The standard InChI is InChI=1S/C16H18BrNO2S/c1-11-7-8-16(9-12(11)2)21(19,20)18-13(3)14-5-4-6-15(17)10-14/h4-10,13,18H,1-3H3. The summed E-state index contributed by atoms with van der Waals surface area (Å²) in [5, 5.41) is 0. The molecule has 1 unspecified atom stereocenters. The Morgan fingerprint density at radius 2 is 1.76 bits per heavy atom. The van der Waals surface area contributed by atoms with Crippen molar-refractivity contribution in [2.75, 3.05) is 0 Å². The molecule has 0 saturated carbocycles. The average molecular weight is 368 g/mol. The molecule has 21 heavy (non-hydrogen) atoms. The fourth-order valence-corrected chi connectivity index (χ4v) is 3.76. The summed E-state index contributed by atoms with van der Waals surface area (Å²) in [4.78, 5) is 0.299. The van der Waals surface area contributed by atoms with Crippen molar-refractivity contribution in [1.82, 2.24) is 4.72 Å². The largest absolute Gasteiger partial charge is 0.241 e. The van der Waals surface area contributed by atoms with Crippen LogP contribution in [0.5, 0.6) is 0 Å². The van der Waals surface area contributed by atoms with Crippen molar-refractivity contribution < 1.29 is 8.42 Å². The van der Waals surface area contributed by atoms with Crippen molar-refractivity contribution in [3.05, 3.63) is 63.6 Å². The van der Waals surface area contributed by atoms with Gasteiger partial charge in [0.2, 0.25) is 10.0 Å². The minimum absolute atomic E-state index is 0.297. The van der Waals surface area contributed by atoms with Crippen LogP contribution in [0.2, 0.25) is 0 Å². The summed E-state index contributed by atoms with van der Waals surface area (Å²) in [5.41, 5.74) is 2.96. The van der Waals surface area contributed by atoms with Crippen LogP contribution in [0.15, 0.2) is 51.8 Å². The van der Waals surface area contributed by atoms with Crippen molar-refractivity contribution in [2.24, 2.45) is 0 Å². The monoisotopic (exact) mass is 367 g/mol. The highest BCUT2D eigenvalue weighted by Gasteiger charge is 2.18. The molecule has 0 bridgehead atoms. The normalized spacial score (nSPS) is 13.1. The third-order valence-corrected chi connectivity index (χ3v) is 5.50. The predicted octanol–water partition coefficient (Wildman–Crippen LogP) is 4.11. The van der Waals surface area contributed by atoms with E-state index in [0.717, 1.165) is 21.2 Å². The van der Waals surface area contributed by atoms with E-state index in [2.05, 4.69) is 20.7 Å². The van der Waals surface area contributed by atoms with Crippen LogP contribution < -0.4 is 4.72 Å². The molecule has 1 atom stereocenters. The zero-order chi connectivity index (χ0) is 15.6. The SMILES string of the molecule is Cc1ccc(S(=O)(=O)NC(C)c2cccc(Br)c2)cc1C. The molecular formula is C16H18BrNO2S. The maximum absolute atomic E-state index is 12.4. The first-order valence-electron chi connectivity index (χ1n) is 6.64. The van der Waals surface area contributed by atoms with Crippen molar-refractivity contribution in [3.8, 4) is 0 Å². The van der Waals surface area contributed by atoms with Gasteiger partial charge in [-0.2, -0.15) is 0 Å². The highest BCUT2D eigenvalue weighted by molar-refractivity contribution is 9.10. The number of benzene rings is 2. The van der Waals surface area contributed by atoms with Gasteiger partial charge in [0.25, 0.3) is 0 Å². The molecule has 0 aromatic heterocycles. The third kappa shape index (κ3) is 3.93. The molecule has 1 N–H and O–H groups in total. The molecule has 0 heterocycles. The minimum atomic E-state index is -3.53. The number of hydrogen-bond acceptors (Lipinski definition) is 2. The molecule has 0 aliphatic rings. The molecule has 112 valence electrons. The second-order valence-electron chi connectivity index (χ2n) is 5.14. The van der Waals surface area contributed by atoms with E-state index in [9.17, 15) is 8.42 Å². The van der Waals surface area contributed by atoms with Crippen LogP contribution in [0.25, 0.3) is 0 Å². The van der Waals surface area contributed by atoms with Gasteiger partial charge in [0, 0.05) is 10.5 Å². The van der Waals surface area contributed by atoms with Crippen LogP contribution in [-0.2, 0) is 10.0 Å². The fraction of sp³-hybridized carbons (Fsp3) is 0.250. The second kappa shape index (κ2) is 6.30. The average Bonchev–Trinajstić information content (AvgIpc) is 2.41. The second-order valence-corrected chi connectivity index (χ2v) is 7.77. The lowest BCUT2D eigenvalue weighted by molar-refractivity contribution is 0.567. The molecule has 2 rings (SSSR count). The highest BCUT2D eigenvalue weighted by atomic mass is 79.9. The predicted molar refractivity (Wildman–Crippen MR) is 88.8 cm³/mol. The molecule has 5 heteroatoms. The van der Waals surface area contributed by atoms with E-state index in [0.29, 0.717) is 4.90 Å². The Balaban J connectivity index is 2.26. The van der Waals surface area contributed by atoms with Gasteiger partial charge in [0.1, 0.15) is 0 Å². The highest BCUT2D eigenvalue weighted by Crippen LogP contribution is 2.21. The zero-order valence-electron chi connectivity index (χ0n) is 12.2. The van der Waals surface area contributed by atoms with Crippen molar-refractivity contribution >= 4 is 26.0 Å². The zero-order valence-corrected chi connectivity index (χ0v) is 14.6. The van der Waals surface area contributed by atoms with E-state index in [1.807, 2.05) is 51.1 Å². The number of rotatable bonds is 4. The Kier molecular flexibility index (Phi) is 4.86. The first-order valence-corrected chi connectivity index (χ1v) is 8.92. The van der Waals surface area contributed by atoms with Gasteiger partial charge in [-0.05, 0) is 61.7 Å². The van der Waals surface area contributed by atoms with Crippen molar-refractivity contribution in [3.63, 3.8) is 0 Å². The van der Waals surface area contributed by atoms with Gasteiger partial charge in [0.15, 0.2) is 0 Å². The Bertz CT molecular complexity index is 757. The van der Waals surface area contributed by atoms with Crippen molar-refractivity contribution in [1.29, 1.82) is 0 Å². The molecule has 3 nitrogen and oxygen atoms in total. The molecule has 0 aliphatic heterocycles. The van der Waals surface area contributed by atoms with E-state index in [4.69, 9.17) is 0 Å². The van der Waals surface area contributed by atoms with Gasteiger partial charge in [-0.1, -0.05) is 34.1 Å². The number of hydrogen-bond donors (Lipinski definition) is 1. The summed E-state index contributed by atoms with van der Waals surface area (Å²) in [7, 11) is -3.53. The molecule has 2 aromatic rings. The summed E-state index contributed by atoms with van der Waals surface area (Å²) < 4.78 is 28.5. The lowest BCUT2D eigenvalue weighted by Crippen LogP contribution is -2.27. The van der Waals surface area contributed by atoms with Gasteiger partial charge in [-0.3, -0.25) is 0 Å². The van der Waals surface area contributed by atoms with Crippen molar-refractivity contribution in [2.45, 2.75) is 31.7 Å². The molecular weight excluding hydrogens is 350 g/mol. The maximum Gasteiger partial charge on any atom is 0.241 e. The summed E-state index contributed by atoms with van der Waals surface area (Å²) in [6.07, 6.45) is 0. The minimum Gasteiger partial charge on any atom is -0.207 e. The van der Waals surface area contributed by atoms with Crippen LogP contribution in [0.3, 0.4) is 0 Å². The summed E-state index contributed by atoms with van der Waals surface area (Å²) in [5.74, 6) is 0. The van der Waals surface area contributed by atoms with E-state index in [-0.39, 0.29) is 6.04 Å². The number of nitrogens with one attached hydrogen (secondary N) is 1. The van der Waals surface area contributed by atoms with Gasteiger partial charge in [-0.25, -0.2) is 13.1 Å². The van der Waals surface area contributed by atoms with E-state index < -0.39 is 10.0 Å². The van der Waals surface area contributed by atoms with Gasteiger partial charge >= 0.3 is 0 Å². The Labute approximate surface area is 134 Å². The van der Waals surface area contributed by atoms with E-state index in [1.54, 1.807) is 12.1 Å². The van der Waals surface area contributed by atoms with Crippen LogP contribution in [-0.4, -0.2) is 8.42 Å². The molecule has 0 radical (unpaired) electrons. The Morgan fingerprint density at radius 1 is 1.05 bits per heavy atom. The van der Waals surface area contributed by atoms with E-state index in [1.165, 1.54) is 0 Å². The lowest BCUT2D eigenvalue weighted by Gasteiger charge is -2.15. The molecule has 0 saturated heterocycles. The van der Waals surface area contributed by atoms with Gasteiger partial charge < -0.3 is 0 Å². The number of halogens is 1. The summed E-state index contributed by atoms with van der Waals surface area (Å²) in [6.45, 7) is 5.70. The molecule has 2 aromatic carbocycles. The maximum atomic E-state index is 12.4. The number of sulfonamides is 1. The van der Waals surface area contributed by atoms with Gasteiger partial charge in [-0.15, -0.1) is 0 Å². The van der Waals surface area contributed by atoms with Crippen LogP contribution in [0.1, 0.15) is 29.7 Å². The van der Waals surface area contributed by atoms with Crippen LogP contribution in [0, 0.1) is 13.8 Å². The van der Waals surface area contributed by atoms with Crippen LogP contribution >= 0.6 is 15.9 Å². The number of aryl methyl sites for hydroxylation is 2.